The Bertz CT molecular complexity index is 629. The molecular weight excluding hydrogens is 282 g/mol. The SMILES string of the molecule is COC[C@H](Cc1ccc(C)cc1)Nc1cccnc1[N+](=O)[O-]. The smallest absolute Gasteiger partial charge is 0.383 e. The molecule has 0 saturated heterocycles. The molecule has 0 aliphatic rings. The van der Waals surface area contributed by atoms with Crippen molar-refractivity contribution < 1.29 is 9.66 Å². The number of ether oxygens (including phenoxy) is 1. The van der Waals surface area contributed by atoms with E-state index in [1.54, 1.807) is 19.2 Å². The number of hydrogen-bond acceptors (Lipinski definition) is 5. The zero-order chi connectivity index (χ0) is 15.9. The van der Waals surface area contributed by atoms with Crippen molar-refractivity contribution in [3.8, 4) is 0 Å². The minimum absolute atomic E-state index is 0.0735. The summed E-state index contributed by atoms with van der Waals surface area (Å²) in [5.41, 5.74) is 2.75. The van der Waals surface area contributed by atoms with E-state index in [4.69, 9.17) is 4.74 Å². The van der Waals surface area contributed by atoms with Crippen LogP contribution in [0.3, 0.4) is 0 Å². The average molecular weight is 301 g/mol. The molecule has 6 nitrogen and oxygen atoms in total. The van der Waals surface area contributed by atoms with Gasteiger partial charge >= 0.3 is 5.82 Å². The monoisotopic (exact) mass is 301 g/mol. The van der Waals surface area contributed by atoms with Gasteiger partial charge in [0.25, 0.3) is 0 Å². The predicted molar refractivity (Wildman–Crippen MR) is 85.1 cm³/mol. The van der Waals surface area contributed by atoms with E-state index in [0.29, 0.717) is 18.7 Å². The van der Waals surface area contributed by atoms with E-state index in [0.717, 1.165) is 5.56 Å². The Morgan fingerprint density at radius 1 is 1.32 bits per heavy atom. The van der Waals surface area contributed by atoms with Crippen LogP contribution in [0.4, 0.5) is 11.5 Å². The quantitative estimate of drug-likeness (QED) is 0.628. The summed E-state index contributed by atoms with van der Waals surface area (Å²) in [5, 5.41) is 14.2. The fraction of sp³-hybridized carbons (Fsp3) is 0.312. The molecule has 1 aromatic heterocycles. The Kier molecular flexibility index (Phi) is 5.43. The zero-order valence-electron chi connectivity index (χ0n) is 12.7. The number of nitrogens with one attached hydrogen (secondary N) is 1. The van der Waals surface area contributed by atoms with E-state index in [2.05, 4.69) is 22.4 Å². The van der Waals surface area contributed by atoms with Crippen molar-refractivity contribution in [2.75, 3.05) is 19.0 Å². The van der Waals surface area contributed by atoms with Crippen molar-refractivity contribution in [1.82, 2.24) is 4.98 Å². The van der Waals surface area contributed by atoms with Crippen LogP contribution in [0.5, 0.6) is 0 Å². The fourth-order valence-corrected chi connectivity index (χ4v) is 2.24. The number of rotatable bonds is 7. The van der Waals surface area contributed by atoms with Crippen molar-refractivity contribution in [2.45, 2.75) is 19.4 Å². The highest BCUT2D eigenvalue weighted by Crippen LogP contribution is 2.22. The first-order valence-corrected chi connectivity index (χ1v) is 7.00. The normalized spacial score (nSPS) is 11.9. The van der Waals surface area contributed by atoms with Crippen molar-refractivity contribution in [3.05, 3.63) is 63.8 Å². The Balaban J connectivity index is 2.15. The molecule has 0 spiro atoms. The van der Waals surface area contributed by atoms with Gasteiger partial charge in [0, 0.05) is 7.11 Å². The van der Waals surface area contributed by atoms with Gasteiger partial charge in [-0.3, -0.25) is 0 Å². The number of nitrogens with zero attached hydrogens (tertiary/aromatic N) is 2. The summed E-state index contributed by atoms with van der Waals surface area (Å²) >= 11 is 0. The van der Waals surface area contributed by atoms with Crippen LogP contribution in [-0.4, -0.2) is 29.7 Å². The van der Waals surface area contributed by atoms with E-state index < -0.39 is 4.92 Å². The van der Waals surface area contributed by atoms with Gasteiger partial charge in [-0.2, -0.15) is 0 Å². The number of methoxy groups -OCH3 is 1. The van der Waals surface area contributed by atoms with E-state index in [-0.39, 0.29) is 11.9 Å². The van der Waals surface area contributed by atoms with Crippen LogP contribution in [0.25, 0.3) is 0 Å². The Morgan fingerprint density at radius 2 is 2.05 bits per heavy atom. The maximum absolute atomic E-state index is 11.0. The molecule has 0 aliphatic heterocycles. The predicted octanol–water partition coefficient (Wildman–Crippen LogP) is 2.97. The highest BCUT2D eigenvalue weighted by atomic mass is 16.6. The van der Waals surface area contributed by atoms with Gasteiger partial charge in [0.15, 0.2) is 0 Å². The Morgan fingerprint density at radius 3 is 2.68 bits per heavy atom. The summed E-state index contributed by atoms with van der Waals surface area (Å²) in [7, 11) is 1.61. The summed E-state index contributed by atoms with van der Waals surface area (Å²) in [4.78, 5) is 14.3. The Labute approximate surface area is 129 Å². The molecule has 2 rings (SSSR count). The molecule has 1 heterocycles. The van der Waals surface area contributed by atoms with E-state index >= 15 is 0 Å². The molecule has 1 atom stereocenters. The summed E-state index contributed by atoms with van der Waals surface area (Å²) in [5.74, 6) is -0.174. The van der Waals surface area contributed by atoms with Crippen LogP contribution in [-0.2, 0) is 11.2 Å². The molecule has 0 saturated carbocycles. The van der Waals surface area contributed by atoms with Crippen molar-refractivity contribution in [3.63, 3.8) is 0 Å². The highest BCUT2D eigenvalue weighted by Gasteiger charge is 2.18. The molecule has 2 aromatic rings. The van der Waals surface area contributed by atoms with Crippen LogP contribution >= 0.6 is 0 Å². The van der Waals surface area contributed by atoms with Gasteiger partial charge in [-0.25, -0.2) is 0 Å². The summed E-state index contributed by atoms with van der Waals surface area (Å²) in [6.07, 6.45) is 2.12. The van der Waals surface area contributed by atoms with Crippen LogP contribution in [0.15, 0.2) is 42.6 Å². The number of hydrogen-bond donors (Lipinski definition) is 1. The van der Waals surface area contributed by atoms with E-state index in [9.17, 15) is 10.1 Å². The van der Waals surface area contributed by atoms with Gasteiger partial charge < -0.3 is 20.2 Å². The third-order valence-electron chi connectivity index (χ3n) is 3.29. The molecule has 1 N–H and O–H groups in total. The minimum Gasteiger partial charge on any atom is -0.383 e. The molecule has 0 fully saturated rings. The molecule has 0 unspecified atom stereocenters. The van der Waals surface area contributed by atoms with Gasteiger partial charge in [0.05, 0.1) is 12.6 Å². The second kappa shape index (κ2) is 7.51. The summed E-state index contributed by atoms with van der Waals surface area (Å²) < 4.78 is 5.22. The topological polar surface area (TPSA) is 77.3 Å². The highest BCUT2D eigenvalue weighted by molar-refractivity contribution is 5.57. The lowest BCUT2D eigenvalue weighted by molar-refractivity contribution is -0.388. The van der Waals surface area contributed by atoms with E-state index in [1.807, 2.05) is 19.1 Å². The summed E-state index contributed by atoms with van der Waals surface area (Å²) in [6.45, 7) is 2.48. The van der Waals surface area contributed by atoms with Crippen molar-refractivity contribution in [1.29, 1.82) is 0 Å². The number of anilines is 1. The molecule has 22 heavy (non-hydrogen) atoms. The van der Waals surface area contributed by atoms with Crippen LogP contribution < -0.4 is 5.32 Å². The first kappa shape index (κ1) is 15.9. The standard InChI is InChI=1S/C16H19N3O3/c1-12-5-7-13(8-6-12)10-14(11-22-2)18-15-4-3-9-17-16(15)19(20)21/h3-9,14,18H,10-11H2,1-2H3/t14-/m0/s1. The molecule has 0 aliphatic carbocycles. The molecule has 6 heteroatoms. The lowest BCUT2D eigenvalue weighted by atomic mass is 10.0. The zero-order valence-corrected chi connectivity index (χ0v) is 12.7. The molecular formula is C16H19N3O3. The van der Waals surface area contributed by atoms with E-state index in [1.165, 1.54) is 11.8 Å². The van der Waals surface area contributed by atoms with Gasteiger partial charge in [-0.05, 0) is 40.9 Å². The second-order valence-corrected chi connectivity index (χ2v) is 5.12. The van der Waals surface area contributed by atoms with Crippen LogP contribution in [0.2, 0.25) is 0 Å². The van der Waals surface area contributed by atoms with Gasteiger partial charge in [0.1, 0.15) is 11.9 Å². The third kappa shape index (κ3) is 4.26. The van der Waals surface area contributed by atoms with Crippen molar-refractivity contribution >= 4 is 11.5 Å². The first-order chi connectivity index (χ1) is 10.6. The average Bonchev–Trinajstić information content (AvgIpc) is 2.50. The maximum Gasteiger partial charge on any atom is 0.386 e. The number of pyridine rings is 1. The number of benzene rings is 1. The Hall–Kier alpha value is -2.47. The van der Waals surface area contributed by atoms with Crippen LogP contribution in [0, 0.1) is 17.0 Å². The number of nitro groups is 1. The molecule has 0 amide bonds. The van der Waals surface area contributed by atoms with Gasteiger partial charge in [0.2, 0.25) is 0 Å². The second-order valence-electron chi connectivity index (χ2n) is 5.12. The number of aryl methyl sites for hydroxylation is 1. The number of aromatic nitrogens is 1. The molecule has 116 valence electrons. The first-order valence-electron chi connectivity index (χ1n) is 7.00. The third-order valence-corrected chi connectivity index (χ3v) is 3.29. The van der Waals surface area contributed by atoms with Gasteiger partial charge in [-0.1, -0.05) is 29.8 Å². The molecule has 0 bridgehead atoms. The lowest BCUT2D eigenvalue weighted by Crippen LogP contribution is -2.28. The maximum atomic E-state index is 11.0. The van der Waals surface area contributed by atoms with Gasteiger partial charge in [-0.15, -0.1) is 0 Å². The van der Waals surface area contributed by atoms with Crippen LogP contribution in [0.1, 0.15) is 11.1 Å². The molecule has 0 radical (unpaired) electrons. The van der Waals surface area contributed by atoms with Crippen molar-refractivity contribution in [2.24, 2.45) is 0 Å². The summed E-state index contributed by atoms with van der Waals surface area (Å²) in [6, 6.07) is 11.5. The minimum atomic E-state index is -0.488. The lowest BCUT2D eigenvalue weighted by Gasteiger charge is -2.19. The fourth-order valence-electron chi connectivity index (χ4n) is 2.24. The largest absolute Gasteiger partial charge is 0.386 e. The molecule has 1 aromatic carbocycles.